The molecule has 1 aliphatic rings. The maximum atomic E-state index is 11.4. The normalized spacial score (nSPS) is 16.4. The lowest BCUT2D eigenvalue weighted by Crippen LogP contribution is -2.37. The number of carboxylic acid groups (broad SMARTS) is 1. The van der Waals surface area contributed by atoms with Gasteiger partial charge in [-0.3, -0.25) is 9.59 Å². The summed E-state index contributed by atoms with van der Waals surface area (Å²) in [6.07, 6.45) is 1.13. The number of anilines is 1. The highest BCUT2D eigenvalue weighted by atomic mass is 35.5. The Balaban J connectivity index is 2.20. The van der Waals surface area contributed by atoms with Gasteiger partial charge in [0, 0.05) is 23.8 Å². The van der Waals surface area contributed by atoms with Crippen molar-refractivity contribution in [2.45, 2.75) is 12.8 Å². The summed E-state index contributed by atoms with van der Waals surface area (Å²) < 4.78 is 0. The number of rotatable bonds is 3. The molecule has 0 unspecified atom stereocenters. The van der Waals surface area contributed by atoms with Gasteiger partial charge in [0.1, 0.15) is 0 Å². The van der Waals surface area contributed by atoms with Crippen molar-refractivity contribution in [3.63, 3.8) is 0 Å². The molecule has 0 radical (unpaired) electrons. The Labute approximate surface area is 116 Å². The SMILES string of the molecule is NC(=O)c1cc(Cl)ccc1N1CCC(C(=O)O)CC1. The fourth-order valence-electron chi connectivity index (χ4n) is 2.35. The number of amides is 1. The van der Waals surface area contributed by atoms with Gasteiger partial charge in [0.15, 0.2) is 0 Å². The first-order valence-corrected chi connectivity index (χ1v) is 6.44. The number of carbonyl (C=O) groups excluding carboxylic acids is 1. The van der Waals surface area contributed by atoms with Crippen molar-refractivity contribution in [1.82, 2.24) is 0 Å². The Hall–Kier alpha value is -1.75. The highest BCUT2D eigenvalue weighted by Gasteiger charge is 2.26. The van der Waals surface area contributed by atoms with Gasteiger partial charge in [-0.1, -0.05) is 11.6 Å². The van der Waals surface area contributed by atoms with Crippen LogP contribution in [0.3, 0.4) is 0 Å². The van der Waals surface area contributed by atoms with Crippen LogP contribution in [0.2, 0.25) is 5.02 Å². The number of benzene rings is 1. The van der Waals surface area contributed by atoms with Crippen LogP contribution in [0.15, 0.2) is 18.2 Å². The van der Waals surface area contributed by atoms with Crippen LogP contribution in [0.25, 0.3) is 0 Å². The molecule has 1 aromatic carbocycles. The molecule has 1 saturated heterocycles. The lowest BCUT2D eigenvalue weighted by molar-refractivity contribution is -0.142. The highest BCUT2D eigenvalue weighted by molar-refractivity contribution is 6.31. The molecule has 1 amide bonds. The van der Waals surface area contributed by atoms with Crippen molar-refractivity contribution in [3.8, 4) is 0 Å². The summed E-state index contributed by atoms with van der Waals surface area (Å²) in [4.78, 5) is 24.3. The van der Waals surface area contributed by atoms with Gasteiger partial charge in [-0.05, 0) is 31.0 Å². The predicted octanol–water partition coefficient (Wildman–Crippen LogP) is 1.74. The number of carboxylic acids is 1. The van der Waals surface area contributed by atoms with Crippen LogP contribution in [0.4, 0.5) is 5.69 Å². The Morgan fingerprint density at radius 3 is 2.47 bits per heavy atom. The van der Waals surface area contributed by atoms with Gasteiger partial charge in [-0.2, -0.15) is 0 Å². The highest BCUT2D eigenvalue weighted by Crippen LogP contribution is 2.28. The second kappa shape index (κ2) is 5.48. The maximum absolute atomic E-state index is 11.4. The van der Waals surface area contributed by atoms with Crippen LogP contribution in [-0.2, 0) is 4.79 Å². The molecule has 3 N–H and O–H groups in total. The van der Waals surface area contributed by atoms with Crippen molar-refractivity contribution in [1.29, 1.82) is 0 Å². The second-order valence-electron chi connectivity index (χ2n) is 4.63. The lowest BCUT2D eigenvalue weighted by Gasteiger charge is -2.32. The van der Waals surface area contributed by atoms with Gasteiger partial charge in [0.05, 0.1) is 11.5 Å². The summed E-state index contributed by atoms with van der Waals surface area (Å²) in [5, 5.41) is 9.42. The van der Waals surface area contributed by atoms with Gasteiger partial charge < -0.3 is 15.7 Å². The molecule has 19 heavy (non-hydrogen) atoms. The summed E-state index contributed by atoms with van der Waals surface area (Å²) in [7, 11) is 0. The Kier molecular flexibility index (Phi) is 3.95. The van der Waals surface area contributed by atoms with E-state index in [2.05, 4.69) is 0 Å². The number of hydrogen-bond donors (Lipinski definition) is 2. The third-order valence-corrected chi connectivity index (χ3v) is 3.64. The zero-order valence-corrected chi connectivity index (χ0v) is 11.1. The Morgan fingerprint density at radius 1 is 1.32 bits per heavy atom. The van der Waals surface area contributed by atoms with Crippen molar-refractivity contribution in [2.75, 3.05) is 18.0 Å². The number of hydrogen-bond acceptors (Lipinski definition) is 3. The minimum absolute atomic E-state index is 0.305. The third-order valence-electron chi connectivity index (χ3n) is 3.41. The summed E-state index contributed by atoms with van der Waals surface area (Å²) in [5.74, 6) is -1.59. The lowest BCUT2D eigenvalue weighted by atomic mass is 9.96. The Morgan fingerprint density at radius 2 is 1.95 bits per heavy atom. The van der Waals surface area contributed by atoms with Crippen LogP contribution in [0.5, 0.6) is 0 Å². The number of piperidine rings is 1. The van der Waals surface area contributed by atoms with E-state index < -0.39 is 11.9 Å². The van der Waals surface area contributed by atoms with Crippen LogP contribution >= 0.6 is 11.6 Å². The van der Waals surface area contributed by atoms with E-state index in [1.54, 1.807) is 18.2 Å². The van der Waals surface area contributed by atoms with E-state index in [1.807, 2.05) is 4.90 Å². The number of nitrogens with zero attached hydrogens (tertiary/aromatic N) is 1. The number of halogens is 1. The molecule has 1 heterocycles. The molecule has 0 atom stereocenters. The third kappa shape index (κ3) is 2.98. The molecule has 2 rings (SSSR count). The first-order valence-electron chi connectivity index (χ1n) is 6.06. The molecule has 102 valence electrons. The fourth-order valence-corrected chi connectivity index (χ4v) is 2.52. The van der Waals surface area contributed by atoms with Gasteiger partial charge >= 0.3 is 5.97 Å². The van der Waals surface area contributed by atoms with E-state index in [4.69, 9.17) is 22.4 Å². The molecule has 0 spiro atoms. The van der Waals surface area contributed by atoms with E-state index in [-0.39, 0.29) is 5.92 Å². The van der Waals surface area contributed by atoms with E-state index in [9.17, 15) is 9.59 Å². The van der Waals surface area contributed by atoms with Gasteiger partial charge in [0.25, 0.3) is 5.91 Å². The molecule has 1 fully saturated rings. The second-order valence-corrected chi connectivity index (χ2v) is 5.06. The van der Waals surface area contributed by atoms with E-state index in [0.717, 1.165) is 5.69 Å². The molecule has 5 nitrogen and oxygen atoms in total. The molecule has 6 heteroatoms. The number of primary amides is 1. The average Bonchev–Trinajstić information content (AvgIpc) is 2.38. The zero-order chi connectivity index (χ0) is 14.0. The summed E-state index contributed by atoms with van der Waals surface area (Å²) in [5.41, 5.74) is 6.45. The minimum atomic E-state index is -0.758. The molecule has 1 aromatic rings. The van der Waals surface area contributed by atoms with Crippen molar-refractivity contribution >= 4 is 29.2 Å². The molecule has 0 saturated carbocycles. The first-order chi connectivity index (χ1) is 8.99. The molecule has 1 aliphatic heterocycles. The standard InChI is InChI=1S/C13H15ClN2O3/c14-9-1-2-11(10(7-9)12(15)17)16-5-3-8(4-6-16)13(18)19/h1-2,7-8H,3-6H2,(H2,15,17)(H,18,19). The van der Waals surface area contributed by atoms with E-state index in [0.29, 0.717) is 36.5 Å². The number of aliphatic carboxylic acids is 1. The van der Waals surface area contributed by atoms with Crippen molar-refractivity contribution < 1.29 is 14.7 Å². The first kappa shape index (κ1) is 13.7. The fraction of sp³-hybridized carbons (Fsp3) is 0.385. The number of nitrogens with two attached hydrogens (primary N) is 1. The quantitative estimate of drug-likeness (QED) is 0.884. The zero-order valence-electron chi connectivity index (χ0n) is 10.3. The van der Waals surface area contributed by atoms with Crippen LogP contribution in [0.1, 0.15) is 23.2 Å². The summed E-state index contributed by atoms with van der Waals surface area (Å²) >= 11 is 5.86. The average molecular weight is 283 g/mol. The van der Waals surface area contributed by atoms with E-state index >= 15 is 0 Å². The van der Waals surface area contributed by atoms with Crippen LogP contribution in [0, 0.1) is 5.92 Å². The van der Waals surface area contributed by atoms with Crippen molar-refractivity contribution in [2.24, 2.45) is 11.7 Å². The molecule has 0 aliphatic carbocycles. The number of carbonyl (C=O) groups is 2. The summed E-state index contributed by atoms with van der Waals surface area (Å²) in [6, 6.07) is 5.00. The molecule has 0 aromatic heterocycles. The Bertz CT molecular complexity index is 511. The smallest absolute Gasteiger partial charge is 0.306 e. The molecular weight excluding hydrogens is 268 g/mol. The van der Waals surface area contributed by atoms with Gasteiger partial charge in [-0.15, -0.1) is 0 Å². The maximum Gasteiger partial charge on any atom is 0.306 e. The van der Waals surface area contributed by atoms with Gasteiger partial charge in [0.2, 0.25) is 0 Å². The van der Waals surface area contributed by atoms with Crippen LogP contribution < -0.4 is 10.6 Å². The largest absolute Gasteiger partial charge is 0.481 e. The molecule has 0 bridgehead atoms. The molecular formula is C13H15ClN2O3. The monoisotopic (exact) mass is 282 g/mol. The van der Waals surface area contributed by atoms with Crippen LogP contribution in [-0.4, -0.2) is 30.1 Å². The topological polar surface area (TPSA) is 83.6 Å². The summed E-state index contributed by atoms with van der Waals surface area (Å²) in [6.45, 7) is 1.19. The van der Waals surface area contributed by atoms with Crippen molar-refractivity contribution in [3.05, 3.63) is 28.8 Å². The minimum Gasteiger partial charge on any atom is -0.481 e. The predicted molar refractivity (Wildman–Crippen MR) is 72.5 cm³/mol. The van der Waals surface area contributed by atoms with Gasteiger partial charge in [-0.25, -0.2) is 0 Å². The van der Waals surface area contributed by atoms with E-state index in [1.165, 1.54) is 0 Å².